The van der Waals surface area contributed by atoms with Gasteiger partial charge in [0.25, 0.3) is 0 Å². The summed E-state index contributed by atoms with van der Waals surface area (Å²) in [5.41, 5.74) is -1.00. The number of rotatable bonds is 5. The molecule has 0 aromatic heterocycles. The predicted octanol–water partition coefficient (Wildman–Crippen LogP) is 2.49. The second kappa shape index (κ2) is 6.61. The average molecular weight is 259 g/mol. The first-order valence-corrected chi connectivity index (χ1v) is 6.22. The average Bonchev–Trinajstić information content (AvgIpc) is 2.21. The van der Waals surface area contributed by atoms with Crippen molar-refractivity contribution >= 4 is 12.1 Å². The van der Waals surface area contributed by atoms with Crippen LogP contribution in [-0.4, -0.2) is 30.8 Å². The first-order valence-electron chi connectivity index (χ1n) is 6.22. The number of alkyl carbamates (subject to hydrolysis) is 1. The summed E-state index contributed by atoms with van der Waals surface area (Å²) in [6, 6.07) is 0. The van der Waals surface area contributed by atoms with Crippen molar-refractivity contribution in [1.82, 2.24) is 5.32 Å². The Morgan fingerprint density at radius 2 is 1.67 bits per heavy atom. The Labute approximate surface area is 109 Å². The molecule has 0 aliphatic carbocycles. The topological polar surface area (TPSA) is 64.6 Å². The quantitative estimate of drug-likeness (QED) is 0.608. The largest absolute Gasteiger partial charge is 0.463 e. The molecule has 0 bridgehead atoms. The van der Waals surface area contributed by atoms with E-state index in [2.05, 4.69) is 5.32 Å². The molecule has 0 atom stereocenters. The van der Waals surface area contributed by atoms with Crippen LogP contribution in [0.1, 0.15) is 48.0 Å². The molecule has 0 aliphatic rings. The third-order valence-electron chi connectivity index (χ3n) is 2.44. The van der Waals surface area contributed by atoms with Crippen molar-refractivity contribution in [3.8, 4) is 0 Å². The summed E-state index contributed by atoms with van der Waals surface area (Å²) in [6.45, 7) is 11.4. The number of carbonyl (C=O) groups excluding carboxylic acids is 2. The van der Waals surface area contributed by atoms with Crippen LogP contribution in [0.25, 0.3) is 0 Å². The fourth-order valence-corrected chi connectivity index (χ4v) is 0.951. The SMILES string of the molecule is CCC(C)(C)C(=O)OCCNC(=O)OC(C)(C)C. The van der Waals surface area contributed by atoms with Crippen LogP contribution in [0, 0.1) is 5.41 Å². The van der Waals surface area contributed by atoms with Crippen LogP contribution in [0.15, 0.2) is 0 Å². The Morgan fingerprint density at radius 3 is 2.11 bits per heavy atom. The van der Waals surface area contributed by atoms with Crippen LogP contribution in [0.4, 0.5) is 4.79 Å². The summed E-state index contributed by atoms with van der Waals surface area (Å²) < 4.78 is 10.1. The van der Waals surface area contributed by atoms with E-state index < -0.39 is 17.1 Å². The molecule has 0 unspecified atom stereocenters. The van der Waals surface area contributed by atoms with Gasteiger partial charge in [0.05, 0.1) is 12.0 Å². The lowest BCUT2D eigenvalue weighted by Gasteiger charge is -2.21. The van der Waals surface area contributed by atoms with Gasteiger partial charge in [0.1, 0.15) is 12.2 Å². The first kappa shape index (κ1) is 16.7. The van der Waals surface area contributed by atoms with Crippen LogP contribution >= 0.6 is 0 Å². The summed E-state index contributed by atoms with van der Waals surface area (Å²) in [4.78, 5) is 22.9. The van der Waals surface area contributed by atoms with E-state index in [1.165, 1.54) is 0 Å². The van der Waals surface area contributed by atoms with Gasteiger partial charge in [0.2, 0.25) is 0 Å². The molecule has 1 N–H and O–H groups in total. The van der Waals surface area contributed by atoms with Crippen LogP contribution in [-0.2, 0) is 14.3 Å². The highest BCUT2D eigenvalue weighted by molar-refractivity contribution is 5.75. The molecule has 5 nitrogen and oxygen atoms in total. The number of amides is 1. The highest BCUT2D eigenvalue weighted by atomic mass is 16.6. The van der Waals surface area contributed by atoms with Gasteiger partial charge in [-0.3, -0.25) is 4.79 Å². The van der Waals surface area contributed by atoms with Gasteiger partial charge in [0.15, 0.2) is 0 Å². The molecule has 1 amide bonds. The second-order valence-electron chi connectivity index (χ2n) is 5.80. The lowest BCUT2D eigenvalue weighted by molar-refractivity contribution is -0.153. The Hall–Kier alpha value is -1.26. The van der Waals surface area contributed by atoms with Crippen molar-refractivity contribution in [2.24, 2.45) is 5.41 Å². The summed E-state index contributed by atoms with van der Waals surface area (Å²) in [6.07, 6.45) is 0.207. The summed E-state index contributed by atoms with van der Waals surface area (Å²) in [7, 11) is 0. The minimum absolute atomic E-state index is 0.154. The number of ether oxygens (including phenoxy) is 2. The summed E-state index contributed by atoms with van der Waals surface area (Å²) in [5.74, 6) is -0.254. The van der Waals surface area contributed by atoms with Crippen molar-refractivity contribution in [3.05, 3.63) is 0 Å². The highest BCUT2D eigenvalue weighted by Crippen LogP contribution is 2.21. The monoisotopic (exact) mass is 259 g/mol. The normalized spacial score (nSPS) is 11.9. The fraction of sp³-hybridized carbons (Fsp3) is 0.846. The number of hydrogen-bond acceptors (Lipinski definition) is 4. The lowest BCUT2D eigenvalue weighted by Crippen LogP contribution is -2.35. The second-order valence-corrected chi connectivity index (χ2v) is 5.80. The van der Waals surface area contributed by atoms with E-state index in [4.69, 9.17) is 9.47 Å². The molecule has 106 valence electrons. The number of esters is 1. The molecule has 0 saturated heterocycles. The van der Waals surface area contributed by atoms with Crippen LogP contribution in [0.5, 0.6) is 0 Å². The van der Waals surface area contributed by atoms with E-state index in [0.717, 1.165) is 0 Å². The Bertz CT molecular complexity index is 292. The Morgan fingerprint density at radius 1 is 1.11 bits per heavy atom. The van der Waals surface area contributed by atoms with E-state index in [1.807, 2.05) is 20.8 Å². The van der Waals surface area contributed by atoms with Gasteiger partial charge in [-0.15, -0.1) is 0 Å². The van der Waals surface area contributed by atoms with E-state index in [0.29, 0.717) is 6.42 Å². The van der Waals surface area contributed by atoms with Crippen molar-refractivity contribution in [2.45, 2.75) is 53.6 Å². The third-order valence-corrected chi connectivity index (χ3v) is 2.44. The molecule has 0 rings (SSSR count). The van der Waals surface area contributed by atoms with E-state index >= 15 is 0 Å². The van der Waals surface area contributed by atoms with Gasteiger partial charge in [-0.1, -0.05) is 6.92 Å². The minimum Gasteiger partial charge on any atom is -0.463 e. The molecule has 0 heterocycles. The molecule has 0 aliphatic heterocycles. The van der Waals surface area contributed by atoms with Gasteiger partial charge < -0.3 is 14.8 Å². The number of carbonyl (C=O) groups is 2. The zero-order valence-corrected chi connectivity index (χ0v) is 12.3. The predicted molar refractivity (Wildman–Crippen MR) is 69.3 cm³/mol. The molecule has 0 radical (unpaired) electrons. The van der Waals surface area contributed by atoms with Gasteiger partial charge in [-0.2, -0.15) is 0 Å². The Balaban J connectivity index is 3.82. The van der Waals surface area contributed by atoms with Crippen molar-refractivity contribution in [2.75, 3.05) is 13.2 Å². The van der Waals surface area contributed by atoms with Gasteiger partial charge >= 0.3 is 12.1 Å². The van der Waals surface area contributed by atoms with Gasteiger partial charge in [-0.05, 0) is 41.0 Å². The molecule has 0 fully saturated rings. The molecule has 18 heavy (non-hydrogen) atoms. The van der Waals surface area contributed by atoms with Gasteiger partial charge in [0, 0.05) is 0 Å². The Kier molecular flexibility index (Phi) is 6.15. The molecule has 0 aromatic rings. The molecule has 0 saturated carbocycles. The summed E-state index contributed by atoms with van der Waals surface area (Å²) in [5, 5.41) is 2.53. The van der Waals surface area contributed by atoms with E-state index in [-0.39, 0.29) is 19.1 Å². The van der Waals surface area contributed by atoms with Crippen molar-refractivity contribution in [1.29, 1.82) is 0 Å². The lowest BCUT2D eigenvalue weighted by atomic mass is 9.91. The van der Waals surface area contributed by atoms with Crippen LogP contribution in [0.3, 0.4) is 0 Å². The zero-order chi connectivity index (χ0) is 14.4. The van der Waals surface area contributed by atoms with Crippen LogP contribution in [0.2, 0.25) is 0 Å². The number of hydrogen-bond donors (Lipinski definition) is 1. The van der Waals surface area contributed by atoms with Crippen LogP contribution < -0.4 is 5.32 Å². The maximum Gasteiger partial charge on any atom is 0.407 e. The van der Waals surface area contributed by atoms with E-state index in [1.54, 1.807) is 20.8 Å². The third kappa shape index (κ3) is 7.14. The molecule has 0 aromatic carbocycles. The zero-order valence-electron chi connectivity index (χ0n) is 12.3. The maximum absolute atomic E-state index is 11.6. The minimum atomic E-state index is -0.523. The first-order chi connectivity index (χ1) is 8.08. The summed E-state index contributed by atoms with van der Waals surface area (Å²) >= 11 is 0. The highest BCUT2D eigenvalue weighted by Gasteiger charge is 2.26. The standard InChI is InChI=1S/C13H25NO4/c1-7-13(5,6)10(15)17-9-8-14-11(16)18-12(2,3)4/h7-9H2,1-6H3,(H,14,16). The molecule has 5 heteroatoms. The maximum atomic E-state index is 11.6. The van der Waals surface area contributed by atoms with E-state index in [9.17, 15) is 9.59 Å². The molecule has 0 spiro atoms. The van der Waals surface area contributed by atoms with Gasteiger partial charge in [-0.25, -0.2) is 4.79 Å². The van der Waals surface area contributed by atoms with Crippen molar-refractivity contribution in [3.63, 3.8) is 0 Å². The molecular formula is C13H25NO4. The van der Waals surface area contributed by atoms with Crippen molar-refractivity contribution < 1.29 is 19.1 Å². The fourth-order valence-electron chi connectivity index (χ4n) is 0.951. The smallest absolute Gasteiger partial charge is 0.407 e. The number of nitrogens with one attached hydrogen (secondary N) is 1. The molecular weight excluding hydrogens is 234 g/mol.